The third-order valence-electron chi connectivity index (χ3n) is 4.95. The van der Waals surface area contributed by atoms with E-state index in [1.165, 1.54) is 17.1 Å². The highest BCUT2D eigenvalue weighted by Crippen LogP contribution is 2.30. The quantitative estimate of drug-likeness (QED) is 0.542. The van der Waals surface area contributed by atoms with Gasteiger partial charge in [0.05, 0.1) is 42.5 Å². The summed E-state index contributed by atoms with van der Waals surface area (Å²) >= 11 is 0. The first kappa shape index (κ1) is 17.8. The summed E-state index contributed by atoms with van der Waals surface area (Å²) in [4.78, 5) is 4.34. The number of hydrogen-bond donors (Lipinski definition) is 1. The molecule has 5 rings (SSSR count). The molecule has 9 nitrogen and oxygen atoms in total. The van der Waals surface area contributed by atoms with E-state index in [1.807, 2.05) is 18.2 Å². The van der Waals surface area contributed by atoms with E-state index in [0.717, 1.165) is 24.0 Å². The van der Waals surface area contributed by atoms with Crippen molar-refractivity contribution in [1.29, 1.82) is 0 Å². The van der Waals surface area contributed by atoms with Gasteiger partial charge in [-0.2, -0.15) is 10.2 Å². The van der Waals surface area contributed by atoms with Gasteiger partial charge in [0.15, 0.2) is 5.82 Å². The summed E-state index contributed by atoms with van der Waals surface area (Å²) in [6.07, 6.45) is 7.14. The van der Waals surface area contributed by atoms with Crippen LogP contribution in [-0.4, -0.2) is 39.6 Å². The van der Waals surface area contributed by atoms with Gasteiger partial charge in [-0.1, -0.05) is 12.1 Å². The lowest BCUT2D eigenvalue weighted by atomic mass is 10.0. The Hall–Kier alpha value is -3.24. The van der Waals surface area contributed by atoms with Crippen molar-refractivity contribution in [2.24, 2.45) is 7.05 Å². The van der Waals surface area contributed by atoms with Gasteiger partial charge in [-0.3, -0.25) is 9.40 Å². The number of hydrogen-bond acceptors (Lipinski definition) is 6. The minimum absolute atomic E-state index is 0.0452. The molecule has 3 aromatic heterocycles. The maximum atomic E-state index is 12.9. The number of aryl methyl sites for hydroxylation is 1. The smallest absolute Gasteiger partial charge is 0.265 e. The van der Waals surface area contributed by atoms with Crippen LogP contribution >= 0.6 is 0 Å². The molecule has 1 aromatic carbocycles. The van der Waals surface area contributed by atoms with Gasteiger partial charge in [0.1, 0.15) is 4.90 Å². The van der Waals surface area contributed by atoms with Crippen LogP contribution < -0.4 is 4.72 Å². The summed E-state index contributed by atoms with van der Waals surface area (Å²) in [7, 11) is -2.07. The van der Waals surface area contributed by atoms with Crippen LogP contribution in [0.2, 0.25) is 0 Å². The van der Waals surface area contributed by atoms with Crippen LogP contribution in [0, 0.1) is 0 Å². The monoisotopic (exact) mass is 410 g/mol. The Morgan fingerprint density at radius 1 is 1.21 bits per heavy atom. The van der Waals surface area contributed by atoms with Crippen LogP contribution in [0.5, 0.6) is 0 Å². The van der Waals surface area contributed by atoms with Crippen molar-refractivity contribution < 1.29 is 13.2 Å². The van der Waals surface area contributed by atoms with Crippen molar-refractivity contribution in [3.05, 3.63) is 60.7 Å². The van der Waals surface area contributed by atoms with Crippen molar-refractivity contribution in [3.63, 3.8) is 0 Å². The second-order valence-corrected chi connectivity index (χ2v) is 8.52. The fourth-order valence-electron chi connectivity index (χ4n) is 3.35. The average molecular weight is 410 g/mol. The van der Waals surface area contributed by atoms with Crippen molar-refractivity contribution in [1.82, 2.24) is 24.5 Å². The molecule has 1 fully saturated rings. The number of aromatic nitrogens is 5. The second kappa shape index (κ2) is 6.68. The molecule has 0 aliphatic carbocycles. The SMILES string of the molecule is Cn1ncc2cccc(NS(=O)(=O)c3cnn(-c4cc(C5CCO5)ccn4)c3)c21. The molecule has 10 heteroatoms. The highest BCUT2D eigenvalue weighted by Gasteiger charge is 2.22. The third-order valence-corrected chi connectivity index (χ3v) is 6.27. The Balaban J connectivity index is 1.45. The van der Waals surface area contributed by atoms with Gasteiger partial charge in [-0.15, -0.1) is 0 Å². The lowest BCUT2D eigenvalue weighted by Crippen LogP contribution is -2.18. The first-order valence-electron chi connectivity index (χ1n) is 9.07. The molecule has 0 saturated carbocycles. The molecule has 1 unspecified atom stereocenters. The highest BCUT2D eigenvalue weighted by molar-refractivity contribution is 7.92. The Morgan fingerprint density at radius 3 is 2.86 bits per heavy atom. The van der Waals surface area contributed by atoms with E-state index in [2.05, 4.69) is 19.9 Å². The number of sulfonamides is 1. The molecule has 1 aliphatic heterocycles. The van der Waals surface area contributed by atoms with Gasteiger partial charge < -0.3 is 4.74 Å². The van der Waals surface area contributed by atoms with E-state index in [4.69, 9.17) is 4.74 Å². The highest BCUT2D eigenvalue weighted by atomic mass is 32.2. The van der Waals surface area contributed by atoms with Gasteiger partial charge in [0, 0.05) is 25.1 Å². The van der Waals surface area contributed by atoms with Crippen LogP contribution in [0.25, 0.3) is 16.7 Å². The Bertz CT molecular complexity index is 1310. The molecule has 1 atom stereocenters. The number of ether oxygens (including phenoxy) is 1. The summed E-state index contributed by atoms with van der Waals surface area (Å²) in [5.41, 5.74) is 2.16. The van der Waals surface area contributed by atoms with Crippen LogP contribution in [0.3, 0.4) is 0 Å². The minimum atomic E-state index is -3.83. The van der Waals surface area contributed by atoms with Crippen LogP contribution in [-0.2, 0) is 21.8 Å². The summed E-state index contributed by atoms with van der Waals surface area (Å²) in [6, 6.07) is 9.11. The molecule has 29 heavy (non-hydrogen) atoms. The molecule has 0 spiro atoms. The Kier molecular flexibility index (Phi) is 4.10. The zero-order valence-electron chi connectivity index (χ0n) is 15.6. The molecule has 0 bridgehead atoms. The third kappa shape index (κ3) is 3.15. The van der Waals surface area contributed by atoms with Crippen molar-refractivity contribution in [3.8, 4) is 5.82 Å². The maximum Gasteiger partial charge on any atom is 0.265 e. The largest absolute Gasteiger partial charge is 0.373 e. The van der Waals surface area contributed by atoms with Gasteiger partial charge in [-0.05, 0) is 23.8 Å². The number of anilines is 1. The van der Waals surface area contributed by atoms with Crippen molar-refractivity contribution >= 4 is 26.6 Å². The van der Waals surface area contributed by atoms with Gasteiger partial charge >= 0.3 is 0 Å². The molecular formula is C19H18N6O3S. The number of nitrogens with one attached hydrogen (secondary N) is 1. The molecule has 1 saturated heterocycles. The van der Waals surface area contributed by atoms with Crippen LogP contribution in [0.15, 0.2) is 60.0 Å². The average Bonchev–Trinajstić information content (AvgIpc) is 3.29. The van der Waals surface area contributed by atoms with E-state index in [0.29, 0.717) is 17.0 Å². The zero-order chi connectivity index (χ0) is 20.0. The number of rotatable bonds is 5. The molecule has 4 aromatic rings. The molecule has 4 heterocycles. The van der Waals surface area contributed by atoms with E-state index in [-0.39, 0.29) is 11.0 Å². The molecule has 1 N–H and O–H groups in total. The molecule has 0 radical (unpaired) electrons. The number of fused-ring (bicyclic) bond motifs is 1. The fraction of sp³-hybridized carbons (Fsp3) is 0.211. The van der Waals surface area contributed by atoms with E-state index in [9.17, 15) is 8.42 Å². The minimum Gasteiger partial charge on any atom is -0.373 e. The summed E-state index contributed by atoms with van der Waals surface area (Å²) in [6.45, 7) is 0.752. The lowest BCUT2D eigenvalue weighted by molar-refractivity contribution is -0.0527. The molecule has 0 amide bonds. The number of para-hydroxylation sites is 1. The summed E-state index contributed by atoms with van der Waals surface area (Å²) in [5.74, 6) is 0.535. The van der Waals surface area contributed by atoms with Gasteiger partial charge in [0.2, 0.25) is 0 Å². The fourth-order valence-corrected chi connectivity index (χ4v) is 4.34. The first-order chi connectivity index (χ1) is 14.0. The molecular weight excluding hydrogens is 392 g/mol. The zero-order valence-corrected chi connectivity index (χ0v) is 16.4. The predicted molar refractivity (Wildman–Crippen MR) is 106 cm³/mol. The van der Waals surface area contributed by atoms with Crippen LogP contribution in [0.1, 0.15) is 18.1 Å². The van der Waals surface area contributed by atoms with Crippen molar-refractivity contribution in [2.45, 2.75) is 17.4 Å². The Labute approximate surface area is 167 Å². The topological polar surface area (TPSA) is 104 Å². The lowest BCUT2D eigenvalue weighted by Gasteiger charge is -2.26. The maximum absolute atomic E-state index is 12.9. The molecule has 1 aliphatic rings. The number of nitrogens with zero attached hydrogens (tertiary/aromatic N) is 5. The van der Waals surface area contributed by atoms with Crippen molar-refractivity contribution in [2.75, 3.05) is 11.3 Å². The first-order valence-corrected chi connectivity index (χ1v) is 10.6. The second-order valence-electron chi connectivity index (χ2n) is 6.83. The van der Waals surface area contributed by atoms with E-state index >= 15 is 0 Å². The molecule has 148 valence electrons. The van der Waals surface area contributed by atoms with Crippen LogP contribution in [0.4, 0.5) is 5.69 Å². The van der Waals surface area contributed by atoms with Gasteiger partial charge in [-0.25, -0.2) is 18.1 Å². The number of pyridine rings is 1. The Morgan fingerprint density at radius 2 is 2.07 bits per heavy atom. The predicted octanol–water partition coefficient (Wildman–Crippen LogP) is 2.42. The number of benzene rings is 1. The standard InChI is InChI=1S/C19H18N6O3S/c1-24-19-14(10-21-24)3-2-4-16(19)23-29(26,27)15-11-22-25(12-15)18-9-13(5-7-20-18)17-6-8-28-17/h2-5,7,9-12,17,23H,6,8H2,1H3. The van der Waals surface area contributed by atoms with Gasteiger partial charge in [0.25, 0.3) is 10.0 Å². The summed E-state index contributed by atoms with van der Waals surface area (Å²) < 4.78 is 37.1. The van der Waals surface area contributed by atoms with E-state index < -0.39 is 10.0 Å². The normalized spacial score (nSPS) is 16.7. The summed E-state index contributed by atoms with van der Waals surface area (Å²) in [5, 5.41) is 9.22. The van der Waals surface area contributed by atoms with E-state index in [1.54, 1.807) is 36.3 Å².